The lowest BCUT2D eigenvalue weighted by Gasteiger charge is -2.35. The summed E-state index contributed by atoms with van der Waals surface area (Å²) in [6, 6.07) is 1.58. The molecule has 1 fully saturated rings. The first-order valence-corrected chi connectivity index (χ1v) is 7.41. The molecule has 2 N–H and O–H groups in total. The Morgan fingerprint density at radius 3 is 2.50 bits per heavy atom. The second kappa shape index (κ2) is 8.84. The maximum absolute atomic E-state index is 13.6. The molecule has 1 aliphatic rings. The molecule has 1 unspecified atom stereocenters. The van der Waals surface area contributed by atoms with Crippen LogP contribution >= 0.6 is 24.0 Å². The molecular weight excluding hydrogens is 373 g/mol. The van der Waals surface area contributed by atoms with Gasteiger partial charge < -0.3 is 10.6 Å². The fourth-order valence-electron chi connectivity index (χ4n) is 2.40. The van der Waals surface area contributed by atoms with Crippen molar-refractivity contribution in [3.8, 4) is 0 Å². The summed E-state index contributed by atoms with van der Waals surface area (Å²) in [5.74, 6) is -1.77. The summed E-state index contributed by atoms with van der Waals surface area (Å²) in [6.45, 7) is 0.730. The van der Waals surface area contributed by atoms with Crippen LogP contribution < -0.4 is 10.6 Å². The van der Waals surface area contributed by atoms with Crippen LogP contribution in [0.3, 0.4) is 0 Å². The third-order valence-electron chi connectivity index (χ3n) is 3.60. The number of carbonyl (C=O) groups excluding carboxylic acids is 1. The number of piperazine rings is 1. The van der Waals surface area contributed by atoms with E-state index < -0.39 is 30.5 Å². The zero-order valence-electron chi connectivity index (χ0n) is 12.5. The molecule has 0 spiro atoms. The zero-order valence-corrected chi connectivity index (χ0v) is 14.1. The summed E-state index contributed by atoms with van der Waals surface area (Å²) < 4.78 is 53.2. The highest BCUT2D eigenvalue weighted by Crippen LogP contribution is 2.25. The summed E-state index contributed by atoms with van der Waals surface area (Å²) in [4.78, 5) is 13.2. The molecule has 1 saturated heterocycles. The standard InChI is InChI=1S/C14H16ClF4N3O.ClH/c15-9-1-2-10(11(16)7-9)13(23)21-8-12(14(17,18)19)22-5-3-20-4-6-22;/h1-2,7,12,20H,3-6,8H2,(H,21,23);1H. The van der Waals surface area contributed by atoms with Crippen molar-refractivity contribution >= 4 is 29.9 Å². The van der Waals surface area contributed by atoms with E-state index >= 15 is 0 Å². The fraction of sp³-hybridized carbons (Fsp3) is 0.500. The van der Waals surface area contributed by atoms with Gasteiger partial charge in [-0.25, -0.2) is 4.39 Å². The Morgan fingerprint density at radius 1 is 1.33 bits per heavy atom. The molecule has 10 heteroatoms. The minimum absolute atomic E-state index is 0. The van der Waals surface area contributed by atoms with Gasteiger partial charge in [-0.15, -0.1) is 12.4 Å². The number of amides is 1. The number of benzene rings is 1. The molecule has 0 bridgehead atoms. The predicted octanol–water partition coefficient (Wildman–Crippen LogP) is 2.47. The molecule has 1 aromatic rings. The Balaban J connectivity index is 0.00000288. The van der Waals surface area contributed by atoms with Gasteiger partial charge in [0, 0.05) is 37.7 Å². The molecule has 24 heavy (non-hydrogen) atoms. The summed E-state index contributed by atoms with van der Waals surface area (Å²) in [7, 11) is 0. The van der Waals surface area contributed by atoms with Crippen molar-refractivity contribution in [3.05, 3.63) is 34.6 Å². The summed E-state index contributed by atoms with van der Waals surface area (Å²) in [5.41, 5.74) is -0.337. The molecule has 1 atom stereocenters. The monoisotopic (exact) mass is 389 g/mol. The first kappa shape index (κ1) is 21.0. The van der Waals surface area contributed by atoms with Crippen molar-refractivity contribution in [3.63, 3.8) is 0 Å². The number of rotatable bonds is 4. The van der Waals surface area contributed by atoms with Crippen LogP contribution in [-0.4, -0.2) is 55.7 Å². The first-order chi connectivity index (χ1) is 10.8. The van der Waals surface area contributed by atoms with E-state index in [0.29, 0.717) is 13.1 Å². The second-order valence-corrected chi connectivity index (χ2v) is 5.61. The average Bonchev–Trinajstić information content (AvgIpc) is 2.47. The lowest BCUT2D eigenvalue weighted by molar-refractivity contribution is -0.183. The molecule has 4 nitrogen and oxygen atoms in total. The van der Waals surface area contributed by atoms with Gasteiger partial charge in [0.05, 0.1) is 5.56 Å². The van der Waals surface area contributed by atoms with E-state index in [0.717, 1.165) is 12.1 Å². The molecule has 136 valence electrons. The van der Waals surface area contributed by atoms with E-state index in [1.165, 1.54) is 11.0 Å². The van der Waals surface area contributed by atoms with Gasteiger partial charge in [-0.3, -0.25) is 9.69 Å². The van der Waals surface area contributed by atoms with Crippen molar-refractivity contribution < 1.29 is 22.4 Å². The van der Waals surface area contributed by atoms with Crippen LogP contribution in [0, 0.1) is 5.82 Å². The van der Waals surface area contributed by atoms with Crippen LogP contribution in [0.1, 0.15) is 10.4 Å². The van der Waals surface area contributed by atoms with Crippen molar-refractivity contribution in [2.75, 3.05) is 32.7 Å². The van der Waals surface area contributed by atoms with Crippen molar-refractivity contribution in [1.82, 2.24) is 15.5 Å². The third-order valence-corrected chi connectivity index (χ3v) is 3.84. The van der Waals surface area contributed by atoms with Gasteiger partial charge in [0.1, 0.15) is 11.9 Å². The molecule has 1 aromatic carbocycles. The van der Waals surface area contributed by atoms with Crippen molar-refractivity contribution in [1.29, 1.82) is 0 Å². The minimum atomic E-state index is -4.48. The Bertz CT molecular complexity index is 565. The lowest BCUT2D eigenvalue weighted by Crippen LogP contribution is -2.57. The Hall–Kier alpha value is -1.09. The summed E-state index contributed by atoms with van der Waals surface area (Å²) >= 11 is 5.58. The summed E-state index contributed by atoms with van der Waals surface area (Å²) in [6.07, 6.45) is -4.48. The molecule has 1 aliphatic heterocycles. The number of halogens is 6. The normalized spacial score (nSPS) is 17.0. The van der Waals surface area contributed by atoms with E-state index in [4.69, 9.17) is 11.6 Å². The Kier molecular flexibility index (Phi) is 7.72. The molecule has 0 radical (unpaired) electrons. The van der Waals surface area contributed by atoms with E-state index in [1.54, 1.807) is 0 Å². The number of nitrogens with zero attached hydrogens (tertiary/aromatic N) is 1. The first-order valence-electron chi connectivity index (χ1n) is 7.04. The second-order valence-electron chi connectivity index (χ2n) is 5.18. The highest BCUT2D eigenvalue weighted by atomic mass is 35.5. The van der Waals surface area contributed by atoms with Gasteiger partial charge in [0.15, 0.2) is 0 Å². The quantitative estimate of drug-likeness (QED) is 0.777. The number of hydrogen-bond donors (Lipinski definition) is 2. The number of hydrogen-bond acceptors (Lipinski definition) is 3. The van der Waals surface area contributed by atoms with Crippen molar-refractivity contribution in [2.45, 2.75) is 12.2 Å². The van der Waals surface area contributed by atoms with Gasteiger partial charge in [-0.1, -0.05) is 11.6 Å². The number of alkyl halides is 3. The lowest BCUT2D eigenvalue weighted by atomic mass is 10.1. The Morgan fingerprint density at radius 2 is 1.96 bits per heavy atom. The largest absolute Gasteiger partial charge is 0.405 e. The van der Waals surface area contributed by atoms with Crippen LogP contribution in [-0.2, 0) is 0 Å². The van der Waals surface area contributed by atoms with Crippen LogP contribution in [0.2, 0.25) is 5.02 Å². The number of carbonyl (C=O) groups is 1. The van der Waals surface area contributed by atoms with Crippen molar-refractivity contribution in [2.24, 2.45) is 0 Å². The maximum atomic E-state index is 13.6. The molecular formula is C14H17Cl2F4N3O. The molecule has 0 saturated carbocycles. The van der Waals surface area contributed by atoms with Gasteiger partial charge in [-0.2, -0.15) is 13.2 Å². The highest BCUT2D eigenvalue weighted by Gasteiger charge is 2.43. The van der Waals surface area contributed by atoms with Gasteiger partial charge >= 0.3 is 6.18 Å². The predicted molar refractivity (Wildman–Crippen MR) is 85.3 cm³/mol. The van der Waals surface area contributed by atoms with E-state index in [9.17, 15) is 22.4 Å². The Labute approximate surface area is 147 Å². The fourth-order valence-corrected chi connectivity index (χ4v) is 2.56. The van der Waals surface area contributed by atoms with Gasteiger partial charge in [0.25, 0.3) is 5.91 Å². The van der Waals surface area contributed by atoms with Crippen LogP contribution in [0.5, 0.6) is 0 Å². The number of nitrogens with one attached hydrogen (secondary N) is 2. The molecule has 0 aromatic heterocycles. The van der Waals surface area contributed by atoms with E-state index in [-0.39, 0.29) is 36.1 Å². The van der Waals surface area contributed by atoms with Crippen LogP contribution in [0.4, 0.5) is 17.6 Å². The average molecular weight is 390 g/mol. The zero-order chi connectivity index (χ0) is 17.0. The van der Waals surface area contributed by atoms with E-state index in [2.05, 4.69) is 10.6 Å². The SMILES string of the molecule is Cl.O=C(NCC(N1CCNCC1)C(F)(F)F)c1ccc(Cl)cc1F. The molecule has 0 aliphatic carbocycles. The molecule has 2 rings (SSSR count). The smallest absolute Gasteiger partial charge is 0.350 e. The third kappa shape index (κ3) is 5.47. The van der Waals surface area contributed by atoms with E-state index in [1.807, 2.05) is 0 Å². The van der Waals surface area contributed by atoms with Crippen LogP contribution in [0.25, 0.3) is 0 Å². The van der Waals surface area contributed by atoms with Gasteiger partial charge in [-0.05, 0) is 18.2 Å². The molecule has 1 heterocycles. The maximum Gasteiger partial charge on any atom is 0.405 e. The summed E-state index contributed by atoms with van der Waals surface area (Å²) in [5, 5.41) is 5.23. The highest BCUT2D eigenvalue weighted by molar-refractivity contribution is 6.30. The molecule has 1 amide bonds. The topological polar surface area (TPSA) is 44.4 Å². The minimum Gasteiger partial charge on any atom is -0.350 e. The van der Waals surface area contributed by atoms with Gasteiger partial charge in [0.2, 0.25) is 0 Å². The van der Waals surface area contributed by atoms with Crippen LogP contribution in [0.15, 0.2) is 18.2 Å².